The Morgan fingerprint density at radius 2 is 1.95 bits per heavy atom. The molecule has 0 saturated carbocycles. The van der Waals surface area contributed by atoms with Crippen LogP contribution in [0.25, 0.3) is 0 Å². The third-order valence-electron chi connectivity index (χ3n) is 3.16. The number of rotatable bonds is 3. The fourth-order valence-electron chi connectivity index (χ4n) is 2.08. The number of ether oxygens (including phenoxy) is 1. The lowest BCUT2D eigenvalue weighted by Gasteiger charge is -2.17. The van der Waals surface area contributed by atoms with Crippen molar-refractivity contribution in [1.82, 2.24) is 5.16 Å². The summed E-state index contributed by atoms with van der Waals surface area (Å²) in [5.74, 6) is 0.868. The second-order valence-electron chi connectivity index (χ2n) is 5.87. The highest BCUT2D eigenvalue weighted by Crippen LogP contribution is 2.29. The highest BCUT2D eigenvalue weighted by molar-refractivity contribution is 6.06. The molecule has 0 radical (unpaired) electrons. The van der Waals surface area contributed by atoms with E-state index in [0.29, 0.717) is 28.5 Å². The lowest BCUT2D eigenvalue weighted by molar-refractivity contribution is 0.102. The molecule has 2 aromatic rings. The number of nitrogens with zero attached hydrogens (tertiary/aromatic N) is 1. The number of carbonyl (C=O) groups is 1. The van der Waals surface area contributed by atoms with Gasteiger partial charge in [0.15, 0.2) is 0 Å². The maximum atomic E-state index is 12.6. The number of amides is 1. The van der Waals surface area contributed by atoms with Gasteiger partial charge in [-0.05, 0) is 19.1 Å². The van der Waals surface area contributed by atoms with Crippen molar-refractivity contribution < 1.29 is 14.1 Å². The molecule has 1 aromatic carbocycles. The van der Waals surface area contributed by atoms with Crippen LogP contribution in [0.4, 0.5) is 5.69 Å². The van der Waals surface area contributed by atoms with E-state index in [1.165, 1.54) is 0 Å². The summed E-state index contributed by atoms with van der Waals surface area (Å²) in [6.07, 6.45) is 0. The number of aromatic nitrogens is 1. The van der Waals surface area contributed by atoms with Crippen LogP contribution in [0, 0.1) is 6.92 Å². The molecule has 0 spiro atoms. The highest BCUT2D eigenvalue weighted by atomic mass is 16.5. The molecule has 2 rings (SSSR count). The summed E-state index contributed by atoms with van der Waals surface area (Å²) in [4.78, 5) is 12.6. The van der Waals surface area contributed by atoms with Gasteiger partial charge in [-0.15, -0.1) is 0 Å². The van der Waals surface area contributed by atoms with Crippen LogP contribution in [-0.2, 0) is 5.41 Å². The average Bonchev–Trinajstić information content (AvgIpc) is 2.81. The van der Waals surface area contributed by atoms with Crippen molar-refractivity contribution in [2.24, 2.45) is 0 Å². The van der Waals surface area contributed by atoms with Crippen LogP contribution in [0.15, 0.2) is 28.8 Å². The van der Waals surface area contributed by atoms with Crippen molar-refractivity contribution in [3.63, 3.8) is 0 Å². The summed E-state index contributed by atoms with van der Waals surface area (Å²) in [6, 6.07) is 7.26. The monoisotopic (exact) mass is 288 g/mol. The molecule has 1 amide bonds. The van der Waals surface area contributed by atoms with E-state index in [1.54, 1.807) is 26.2 Å². The van der Waals surface area contributed by atoms with E-state index in [2.05, 4.69) is 10.5 Å². The zero-order valence-corrected chi connectivity index (χ0v) is 13.0. The average molecular weight is 288 g/mol. The number of methoxy groups -OCH3 is 1. The number of hydrogen-bond donors (Lipinski definition) is 1. The molecule has 0 fully saturated rings. The normalized spacial score (nSPS) is 11.3. The van der Waals surface area contributed by atoms with Gasteiger partial charge in [0.25, 0.3) is 5.91 Å². The van der Waals surface area contributed by atoms with E-state index >= 15 is 0 Å². The van der Waals surface area contributed by atoms with Crippen LogP contribution in [0.5, 0.6) is 5.75 Å². The summed E-state index contributed by atoms with van der Waals surface area (Å²) >= 11 is 0. The van der Waals surface area contributed by atoms with E-state index in [9.17, 15) is 4.79 Å². The second-order valence-corrected chi connectivity index (χ2v) is 5.87. The first-order chi connectivity index (χ1) is 9.84. The molecule has 5 nitrogen and oxygen atoms in total. The standard InChI is InChI=1S/C16H20N2O3/c1-10-13(14(18-21-10)16(2,3)4)15(19)17-11-8-6-7-9-12(11)20-5/h6-9H,1-5H3,(H,17,19). The van der Waals surface area contributed by atoms with Crippen LogP contribution >= 0.6 is 0 Å². The van der Waals surface area contributed by atoms with Gasteiger partial charge in [-0.2, -0.15) is 0 Å². The first-order valence-electron chi connectivity index (χ1n) is 6.75. The lowest BCUT2D eigenvalue weighted by Crippen LogP contribution is -2.21. The molecule has 1 N–H and O–H groups in total. The summed E-state index contributed by atoms with van der Waals surface area (Å²) in [7, 11) is 1.57. The van der Waals surface area contributed by atoms with E-state index in [1.807, 2.05) is 32.9 Å². The Morgan fingerprint density at radius 1 is 1.29 bits per heavy atom. The Morgan fingerprint density at radius 3 is 2.57 bits per heavy atom. The van der Waals surface area contributed by atoms with Crippen molar-refractivity contribution in [3.05, 3.63) is 41.3 Å². The summed E-state index contributed by atoms with van der Waals surface area (Å²) < 4.78 is 10.4. The van der Waals surface area contributed by atoms with Crippen molar-refractivity contribution in [1.29, 1.82) is 0 Å². The SMILES string of the molecule is COc1ccccc1NC(=O)c1c(C(C)(C)C)noc1C. The predicted molar refractivity (Wildman–Crippen MR) is 80.9 cm³/mol. The maximum absolute atomic E-state index is 12.6. The third-order valence-corrected chi connectivity index (χ3v) is 3.16. The number of benzene rings is 1. The molecule has 0 unspecified atom stereocenters. The Labute approximate surface area is 124 Å². The minimum absolute atomic E-state index is 0.247. The van der Waals surface area contributed by atoms with Gasteiger partial charge >= 0.3 is 0 Å². The summed E-state index contributed by atoms with van der Waals surface area (Å²) in [5.41, 5.74) is 1.47. The Bertz CT molecular complexity index is 654. The molecule has 0 aliphatic heterocycles. The van der Waals surface area contributed by atoms with Gasteiger partial charge in [-0.3, -0.25) is 4.79 Å². The maximum Gasteiger partial charge on any atom is 0.261 e. The molecule has 112 valence electrons. The fraction of sp³-hybridized carbons (Fsp3) is 0.375. The topological polar surface area (TPSA) is 64.4 Å². The molecule has 0 atom stereocenters. The van der Waals surface area contributed by atoms with E-state index in [4.69, 9.17) is 9.26 Å². The molecule has 0 saturated heterocycles. The molecule has 5 heteroatoms. The van der Waals surface area contributed by atoms with Gasteiger partial charge in [-0.1, -0.05) is 38.1 Å². The molecule has 0 bridgehead atoms. The number of carbonyl (C=O) groups excluding carboxylic acids is 1. The van der Waals surface area contributed by atoms with E-state index in [-0.39, 0.29) is 11.3 Å². The minimum atomic E-state index is -0.273. The first-order valence-corrected chi connectivity index (χ1v) is 6.75. The van der Waals surface area contributed by atoms with Crippen LogP contribution in [-0.4, -0.2) is 18.2 Å². The van der Waals surface area contributed by atoms with Gasteiger partial charge in [-0.25, -0.2) is 0 Å². The summed E-state index contributed by atoms with van der Waals surface area (Å²) in [6.45, 7) is 7.71. The van der Waals surface area contributed by atoms with Crippen molar-refractivity contribution in [2.75, 3.05) is 12.4 Å². The van der Waals surface area contributed by atoms with Crippen LogP contribution in [0.1, 0.15) is 42.6 Å². The first kappa shape index (κ1) is 15.1. The molecule has 0 aliphatic carbocycles. The number of aryl methyl sites for hydroxylation is 1. The zero-order valence-electron chi connectivity index (χ0n) is 13.0. The van der Waals surface area contributed by atoms with Crippen molar-refractivity contribution in [2.45, 2.75) is 33.1 Å². The summed E-state index contributed by atoms with van der Waals surface area (Å²) in [5, 5.41) is 6.88. The van der Waals surface area contributed by atoms with Gasteiger partial charge in [0.05, 0.1) is 12.8 Å². The van der Waals surface area contributed by atoms with Crippen LogP contribution < -0.4 is 10.1 Å². The molecule has 0 aliphatic rings. The predicted octanol–water partition coefficient (Wildman–Crippen LogP) is 3.54. The molecular formula is C16H20N2O3. The largest absolute Gasteiger partial charge is 0.495 e. The highest BCUT2D eigenvalue weighted by Gasteiger charge is 2.29. The van der Waals surface area contributed by atoms with E-state index in [0.717, 1.165) is 0 Å². The van der Waals surface area contributed by atoms with Gasteiger partial charge < -0.3 is 14.6 Å². The van der Waals surface area contributed by atoms with Crippen LogP contribution in [0.3, 0.4) is 0 Å². The second kappa shape index (κ2) is 5.60. The Hall–Kier alpha value is -2.30. The number of nitrogens with one attached hydrogen (secondary N) is 1. The lowest BCUT2D eigenvalue weighted by atomic mass is 9.88. The molecular weight excluding hydrogens is 268 g/mol. The van der Waals surface area contributed by atoms with Gasteiger partial charge in [0.2, 0.25) is 0 Å². The van der Waals surface area contributed by atoms with Gasteiger partial charge in [0, 0.05) is 5.41 Å². The third kappa shape index (κ3) is 3.07. The molecule has 21 heavy (non-hydrogen) atoms. The van der Waals surface area contributed by atoms with E-state index < -0.39 is 0 Å². The number of hydrogen-bond acceptors (Lipinski definition) is 4. The van der Waals surface area contributed by atoms with Crippen molar-refractivity contribution >= 4 is 11.6 Å². The van der Waals surface area contributed by atoms with Crippen LogP contribution in [0.2, 0.25) is 0 Å². The number of para-hydroxylation sites is 2. The Kier molecular flexibility index (Phi) is 4.02. The Balaban J connectivity index is 2.36. The zero-order chi connectivity index (χ0) is 15.6. The number of anilines is 1. The van der Waals surface area contributed by atoms with Crippen molar-refractivity contribution in [3.8, 4) is 5.75 Å². The van der Waals surface area contributed by atoms with Gasteiger partial charge in [0.1, 0.15) is 22.8 Å². The quantitative estimate of drug-likeness (QED) is 0.938. The molecule has 1 aromatic heterocycles. The molecule has 1 heterocycles. The smallest absolute Gasteiger partial charge is 0.261 e. The minimum Gasteiger partial charge on any atom is -0.495 e. The fourth-order valence-corrected chi connectivity index (χ4v) is 2.08.